The average molecular weight is 437 g/mol. The fraction of sp³-hybridized carbons (Fsp3) is 0.400. The maximum Gasteiger partial charge on any atom is 0.407 e. The molecule has 2 aliphatic carbocycles. The number of nitrogens with one attached hydrogen (secondary N) is 1. The van der Waals surface area contributed by atoms with E-state index in [2.05, 4.69) is 29.6 Å². The van der Waals surface area contributed by atoms with E-state index in [9.17, 15) is 14.4 Å². The summed E-state index contributed by atoms with van der Waals surface area (Å²) in [5.41, 5.74) is 4.60. The van der Waals surface area contributed by atoms with Gasteiger partial charge in [-0.1, -0.05) is 61.4 Å². The van der Waals surface area contributed by atoms with Crippen molar-refractivity contribution in [2.24, 2.45) is 11.8 Å². The van der Waals surface area contributed by atoms with Gasteiger partial charge in [0, 0.05) is 19.5 Å². The van der Waals surface area contributed by atoms with E-state index < -0.39 is 18.0 Å². The molecule has 2 amide bonds. The molecule has 2 aliphatic rings. The van der Waals surface area contributed by atoms with Gasteiger partial charge in [-0.05, 0) is 34.6 Å². The first-order chi connectivity index (χ1) is 15.4. The molecular formula is C25H28N2O5. The van der Waals surface area contributed by atoms with E-state index in [0.29, 0.717) is 12.3 Å². The van der Waals surface area contributed by atoms with Crippen LogP contribution in [0.3, 0.4) is 0 Å². The van der Waals surface area contributed by atoms with Gasteiger partial charge in [0.25, 0.3) is 0 Å². The lowest BCUT2D eigenvalue weighted by Crippen LogP contribution is -2.42. The fourth-order valence-corrected chi connectivity index (χ4v) is 4.48. The minimum Gasteiger partial charge on any atom is -0.480 e. The molecule has 7 nitrogen and oxygen atoms in total. The van der Waals surface area contributed by atoms with E-state index in [1.165, 1.54) is 11.9 Å². The van der Waals surface area contributed by atoms with Crippen LogP contribution in [0.25, 0.3) is 11.1 Å². The summed E-state index contributed by atoms with van der Waals surface area (Å²) in [6.07, 6.45) is 2.21. The van der Waals surface area contributed by atoms with Crippen LogP contribution in [-0.4, -0.2) is 54.7 Å². The summed E-state index contributed by atoms with van der Waals surface area (Å²) in [6.45, 7) is -0.0130. The number of nitrogens with zero attached hydrogens (tertiary/aromatic N) is 1. The molecule has 0 aliphatic heterocycles. The molecule has 0 spiro atoms. The Kier molecular flexibility index (Phi) is 6.44. The fourth-order valence-electron chi connectivity index (χ4n) is 4.48. The highest BCUT2D eigenvalue weighted by atomic mass is 16.5. The number of hydrogen-bond acceptors (Lipinski definition) is 4. The average Bonchev–Trinajstić information content (AvgIpc) is 3.55. The Hall–Kier alpha value is -3.35. The van der Waals surface area contributed by atoms with Gasteiger partial charge in [-0.25, -0.2) is 4.79 Å². The Morgan fingerprint density at radius 3 is 2.22 bits per heavy atom. The van der Waals surface area contributed by atoms with E-state index in [0.717, 1.165) is 35.1 Å². The smallest absolute Gasteiger partial charge is 0.407 e. The zero-order valence-corrected chi connectivity index (χ0v) is 18.1. The molecule has 32 heavy (non-hydrogen) atoms. The van der Waals surface area contributed by atoms with Crippen LogP contribution < -0.4 is 5.32 Å². The SMILES string of the molecule is CN(CC(=O)O)C(=O)C(CNC(=O)OCC1c2ccccc2-c2ccccc21)CC1CC1. The first-order valence-electron chi connectivity index (χ1n) is 11.0. The molecule has 1 fully saturated rings. The highest BCUT2D eigenvalue weighted by molar-refractivity contribution is 5.83. The minimum absolute atomic E-state index is 0.0289. The van der Waals surface area contributed by atoms with Gasteiger partial charge in [0.15, 0.2) is 0 Å². The molecule has 1 unspecified atom stereocenters. The van der Waals surface area contributed by atoms with E-state index >= 15 is 0 Å². The van der Waals surface area contributed by atoms with Gasteiger partial charge in [-0.15, -0.1) is 0 Å². The minimum atomic E-state index is -1.06. The topological polar surface area (TPSA) is 95.9 Å². The van der Waals surface area contributed by atoms with Crippen LogP contribution in [0.2, 0.25) is 0 Å². The summed E-state index contributed by atoms with van der Waals surface area (Å²) in [5, 5.41) is 11.7. The normalized spacial score (nSPS) is 15.4. The van der Waals surface area contributed by atoms with E-state index in [1.807, 2.05) is 24.3 Å². The van der Waals surface area contributed by atoms with Crippen molar-refractivity contribution in [2.75, 3.05) is 26.7 Å². The summed E-state index contributed by atoms with van der Waals surface area (Å²) in [7, 11) is 1.48. The van der Waals surface area contributed by atoms with Gasteiger partial charge >= 0.3 is 12.1 Å². The van der Waals surface area contributed by atoms with Gasteiger partial charge in [-0.3, -0.25) is 9.59 Å². The molecule has 0 aromatic heterocycles. The Morgan fingerprint density at radius 2 is 1.66 bits per heavy atom. The number of carboxylic acids is 1. The summed E-state index contributed by atoms with van der Waals surface area (Å²) < 4.78 is 5.55. The molecule has 2 aromatic carbocycles. The van der Waals surface area contributed by atoms with Gasteiger partial charge in [0.1, 0.15) is 13.2 Å². The summed E-state index contributed by atoms with van der Waals surface area (Å²) >= 11 is 0. The number of rotatable bonds is 9. The number of carboxylic acid groups (broad SMARTS) is 1. The Morgan fingerprint density at radius 1 is 1.06 bits per heavy atom. The molecule has 2 aromatic rings. The second-order valence-corrected chi connectivity index (χ2v) is 8.67. The summed E-state index contributed by atoms with van der Waals surface area (Å²) in [5.74, 6) is -1.34. The zero-order valence-electron chi connectivity index (χ0n) is 18.1. The monoisotopic (exact) mass is 436 g/mol. The Labute approximate surface area is 187 Å². The van der Waals surface area contributed by atoms with Crippen molar-refractivity contribution in [1.82, 2.24) is 10.2 Å². The van der Waals surface area contributed by atoms with E-state index in [4.69, 9.17) is 9.84 Å². The quantitative estimate of drug-likeness (QED) is 0.627. The molecule has 0 bridgehead atoms. The van der Waals surface area contributed by atoms with Gasteiger partial charge in [0.05, 0.1) is 5.92 Å². The van der Waals surface area contributed by atoms with Crippen molar-refractivity contribution in [2.45, 2.75) is 25.2 Å². The second-order valence-electron chi connectivity index (χ2n) is 8.67. The van der Waals surface area contributed by atoms with Crippen LogP contribution in [0.1, 0.15) is 36.3 Å². The predicted molar refractivity (Wildman–Crippen MR) is 119 cm³/mol. The molecule has 1 saturated carbocycles. The molecule has 0 radical (unpaired) electrons. The predicted octanol–water partition coefficient (Wildman–Crippen LogP) is 3.48. The number of carbonyl (C=O) groups is 3. The first-order valence-corrected chi connectivity index (χ1v) is 11.0. The lowest BCUT2D eigenvalue weighted by atomic mass is 9.98. The third kappa shape index (κ3) is 4.93. The van der Waals surface area contributed by atoms with Gasteiger partial charge < -0.3 is 20.1 Å². The number of carbonyl (C=O) groups excluding carboxylic acids is 2. The van der Waals surface area contributed by atoms with Gasteiger partial charge in [0.2, 0.25) is 5.91 Å². The van der Waals surface area contributed by atoms with E-state index in [1.54, 1.807) is 0 Å². The van der Waals surface area contributed by atoms with Crippen LogP contribution in [0.15, 0.2) is 48.5 Å². The molecule has 2 N–H and O–H groups in total. The van der Waals surface area contributed by atoms with Gasteiger partial charge in [-0.2, -0.15) is 0 Å². The molecule has 0 heterocycles. The number of likely N-dealkylation sites (N-methyl/N-ethyl adjacent to an activating group) is 1. The highest BCUT2D eigenvalue weighted by Crippen LogP contribution is 2.44. The Bertz CT molecular complexity index is 971. The summed E-state index contributed by atoms with van der Waals surface area (Å²) in [4.78, 5) is 37.3. The molecule has 168 valence electrons. The van der Waals surface area contributed by atoms with Crippen LogP contribution in [0, 0.1) is 11.8 Å². The first kappa shape index (κ1) is 21.9. The van der Waals surface area contributed by atoms with Crippen LogP contribution >= 0.6 is 0 Å². The zero-order chi connectivity index (χ0) is 22.7. The van der Waals surface area contributed by atoms with Crippen LogP contribution in [0.5, 0.6) is 0 Å². The maximum atomic E-state index is 12.7. The van der Waals surface area contributed by atoms with Crippen LogP contribution in [-0.2, 0) is 14.3 Å². The van der Waals surface area contributed by atoms with Crippen molar-refractivity contribution in [1.29, 1.82) is 0 Å². The van der Waals surface area contributed by atoms with Crippen molar-refractivity contribution in [3.05, 3.63) is 59.7 Å². The van der Waals surface area contributed by atoms with Crippen molar-refractivity contribution >= 4 is 18.0 Å². The highest BCUT2D eigenvalue weighted by Gasteiger charge is 2.32. The number of aliphatic carboxylic acids is 1. The van der Waals surface area contributed by atoms with Crippen molar-refractivity contribution in [3.8, 4) is 11.1 Å². The largest absolute Gasteiger partial charge is 0.480 e. The molecular weight excluding hydrogens is 408 g/mol. The third-order valence-corrected chi connectivity index (χ3v) is 6.25. The number of benzene rings is 2. The standard InChI is InChI=1S/C25H28N2O5/c1-27(14-23(28)29)24(30)17(12-16-10-11-16)13-26-25(31)32-15-22-20-8-4-2-6-18(20)19-7-3-5-9-21(19)22/h2-9,16-17,22H,10-15H2,1H3,(H,26,31)(H,28,29). The number of fused-ring (bicyclic) bond motifs is 3. The van der Waals surface area contributed by atoms with Crippen molar-refractivity contribution < 1.29 is 24.2 Å². The lowest BCUT2D eigenvalue weighted by Gasteiger charge is -2.23. The van der Waals surface area contributed by atoms with Crippen molar-refractivity contribution in [3.63, 3.8) is 0 Å². The lowest BCUT2D eigenvalue weighted by molar-refractivity contribution is -0.145. The molecule has 7 heteroatoms. The number of amides is 2. The Balaban J connectivity index is 1.35. The molecule has 1 atom stereocenters. The third-order valence-electron chi connectivity index (χ3n) is 6.25. The second kappa shape index (κ2) is 9.42. The number of hydrogen-bond donors (Lipinski definition) is 2. The maximum absolute atomic E-state index is 12.7. The number of alkyl carbamates (subject to hydrolysis) is 1. The number of ether oxygens (including phenoxy) is 1. The van der Waals surface area contributed by atoms with Crippen LogP contribution in [0.4, 0.5) is 4.79 Å². The molecule has 4 rings (SSSR count). The van der Waals surface area contributed by atoms with E-state index in [-0.39, 0.29) is 31.5 Å². The summed E-state index contributed by atoms with van der Waals surface area (Å²) in [6, 6.07) is 16.3. The molecule has 0 saturated heterocycles.